The van der Waals surface area contributed by atoms with Crippen LogP contribution in [0.3, 0.4) is 0 Å². The SMILES string of the molecule is O=C(CN1CCN(c2ccc3cc(Br)c(F)cc3n2)CC1)NC1CC1. The van der Waals surface area contributed by atoms with E-state index in [4.69, 9.17) is 0 Å². The molecule has 7 heteroatoms. The summed E-state index contributed by atoms with van der Waals surface area (Å²) in [5.74, 6) is 0.681. The fourth-order valence-electron chi connectivity index (χ4n) is 3.12. The summed E-state index contributed by atoms with van der Waals surface area (Å²) < 4.78 is 14.2. The lowest BCUT2D eigenvalue weighted by atomic mass is 10.2. The van der Waals surface area contributed by atoms with Crippen molar-refractivity contribution in [2.75, 3.05) is 37.6 Å². The van der Waals surface area contributed by atoms with Gasteiger partial charge in [0.1, 0.15) is 11.6 Å². The minimum absolute atomic E-state index is 0.126. The summed E-state index contributed by atoms with van der Waals surface area (Å²) in [6.45, 7) is 3.75. The number of nitrogens with one attached hydrogen (secondary N) is 1. The Hall–Kier alpha value is -1.73. The number of hydrogen-bond donors (Lipinski definition) is 1. The largest absolute Gasteiger partial charge is 0.354 e. The van der Waals surface area contributed by atoms with E-state index in [9.17, 15) is 9.18 Å². The molecule has 1 aliphatic carbocycles. The van der Waals surface area contributed by atoms with Crippen LogP contribution in [0.4, 0.5) is 10.2 Å². The van der Waals surface area contributed by atoms with Crippen LogP contribution in [-0.2, 0) is 4.79 Å². The fraction of sp³-hybridized carbons (Fsp3) is 0.444. The Kier molecular flexibility index (Phi) is 4.60. The highest BCUT2D eigenvalue weighted by molar-refractivity contribution is 9.10. The van der Waals surface area contributed by atoms with Crippen molar-refractivity contribution in [1.82, 2.24) is 15.2 Å². The predicted octanol–water partition coefficient (Wildman–Crippen LogP) is 2.54. The molecule has 1 aliphatic heterocycles. The molecule has 0 radical (unpaired) electrons. The van der Waals surface area contributed by atoms with Crippen LogP contribution in [0.1, 0.15) is 12.8 Å². The van der Waals surface area contributed by atoms with Gasteiger partial charge < -0.3 is 10.2 Å². The Balaban J connectivity index is 1.39. The van der Waals surface area contributed by atoms with Gasteiger partial charge in [0.15, 0.2) is 0 Å². The van der Waals surface area contributed by atoms with Crippen LogP contribution < -0.4 is 10.2 Å². The molecule has 1 saturated carbocycles. The molecule has 2 heterocycles. The van der Waals surface area contributed by atoms with Crippen molar-refractivity contribution in [1.29, 1.82) is 0 Å². The van der Waals surface area contributed by atoms with Gasteiger partial charge in [-0.2, -0.15) is 0 Å². The van der Waals surface area contributed by atoms with E-state index in [1.807, 2.05) is 12.1 Å². The maximum absolute atomic E-state index is 13.7. The summed E-state index contributed by atoms with van der Waals surface area (Å²) in [6.07, 6.45) is 2.23. The van der Waals surface area contributed by atoms with E-state index in [1.54, 1.807) is 6.07 Å². The molecule has 0 spiro atoms. The van der Waals surface area contributed by atoms with Crippen molar-refractivity contribution >= 4 is 38.6 Å². The number of aromatic nitrogens is 1. The van der Waals surface area contributed by atoms with Crippen LogP contribution in [0, 0.1) is 5.82 Å². The van der Waals surface area contributed by atoms with E-state index < -0.39 is 0 Å². The molecule has 1 amide bonds. The van der Waals surface area contributed by atoms with Gasteiger partial charge in [0.2, 0.25) is 5.91 Å². The van der Waals surface area contributed by atoms with E-state index in [-0.39, 0.29) is 11.7 Å². The van der Waals surface area contributed by atoms with Gasteiger partial charge in [-0.15, -0.1) is 0 Å². The van der Waals surface area contributed by atoms with E-state index in [1.165, 1.54) is 6.07 Å². The number of hydrogen-bond acceptors (Lipinski definition) is 4. The molecule has 0 atom stereocenters. The minimum Gasteiger partial charge on any atom is -0.354 e. The molecule has 0 bridgehead atoms. The number of piperazine rings is 1. The molecule has 4 rings (SSSR count). The van der Waals surface area contributed by atoms with Crippen LogP contribution in [0.25, 0.3) is 10.9 Å². The van der Waals surface area contributed by atoms with Crippen LogP contribution in [0.15, 0.2) is 28.7 Å². The standard InChI is InChI=1S/C18H20BrFN4O/c19-14-9-12-1-4-17(22-16(12)10-15(14)20)24-7-5-23(6-8-24)11-18(25)21-13-2-3-13/h1,4,9-10,13H,2-3,5-8,11H2,(H,21,25). The lowest BCUT2D eigenvalue weighted by molar-refractivity contribution is -0.122. The Labute approximate surface area is 154 Å². The molecule has 5 nitrogen and oxygen atoms in total. The Bertz CT molecular complexity index is 803. The van der Waals surface area contributed by atoms with E-state index in [0.29, 0.717) is 22.6 Å². The first-order valence-corrected chi connectivity index (χ1v) is 9.40. The molecule has 0 unspecified atom stereocenters. The van der Waals surface area contributed by atoms with Gasteiger partial charge in [0.25, 0.3) is 0 Å². The van der Waals surface area contributed by atoms with E-state index in [2.05, 4.69) is 36.0 Å². The monoisotopic (exact) mass is 406 g/mol. The minimum atomic E-state index is -0.302. The van der Waals surface area contributed by atoms with Gasteiger partial charge >= 0.3 is 0 Å². The molecular weight excluding hydrogens is 387 g/mol. The van der Waals surface area contributed by atoms with Gasteiger partial charge in [0, 0.05) is 43.7 Å². The van der Waals surface area contributed by atoms with Crippen molar-refractivity contribution in [3.05, 3.63) is 34.6 Å². The number of halogens is 2. The lowest BCUT2D eigenvalue weighted by Crippen LogP contribution is -2.50. The summed E-state index contributed by atoms with van der Waals surface area (Å²) in [4.78, 5) is 20.9. The third-order valence-corrected chi connectivity index (χ3v) is 5.33. The molecule has 25 heavy (non-hydrogen) atoms. The second-order valence-electron chi connectivity index (χ2n) is 6.73. The van der Waals surface area contributed by atoms with Crippen molar-refractivity contribution in [2.45, 2.75) is 18.9 Å². The van der Waals surface area contributed by atoms with Gasteiger partial charge in [-0.05, 0) is 47.0 Å². The highest BCUT2D eigenvalue weighted by atomic mass is 79.9. The van der Waals surface area contributed by atoms with Gasteiger partial charge in [-0.1, -0.05) is 0 Å². The van der Waals surface area contributed by atoms with Crippen LogP contribution in [0.5, 0.6) is 0 Å². The Morgan fingerprint density at radius 1 is 1.24 bits per heavy atom. The van der Waals surface area contributed by atoms with Crippen molar-refractivity contribution in [3.63, 3.8) is 0 Å². The summed E-state index contributed by atoms with van der Waals surface area (Å²) >= 11 is 3.20. The van der Waals surface area contributed by atoms with Gasteiger partial charge in [-0.3, -0.25) is 9.69 Å². The van der Waals surface area contributed by atoms with Crippen molar-refractivity contribution in [3.8, 4) is 0 Å². The zero-order valence-corrected chi connectivity index (χ0v) is 15.4. The fourth-order valence-corrected chi connectivity index (χ4v) is 3.48. The molecule has 1 aromatic carbocycles. The lowest BCUT2D eigenvalue weighted by Gasteiger charge is -2.35. The highest BCUT2D eigenvalue weighted by Gasteiger charge is 2.25. The van der Waals surface area contributed by atoms with E-state index >= 15 is 0 Å². The first-order valence-electron chi connectivity index (χ1n) is 8.61. The van der Waals surface area contributed by atoms with Crippen LogP contribution in [-0.4, -0.2) is 54.6 Å². The maximum Gasteiger partial charge on any atom is 0.234 e. The number of nitrogens with zero attached hydrogens (tertiary/aromatic N) is 3. The normalized spacial score (nSPS) is 18.6. The first kappa shape index (κ1) is 16.7. The summed E-state index contributed by atoms with van der Waals surface area (Å²) in [5.41, 5.74) is 0.657. The van der Waals surface area contributed by atoms with Gasteiger partial charge in [-0.25, -0.2) is 9.37 Å². The summed E-state index contributed by atoms with van der Waals surface area (Å²) in [7, 11) is 0. The first-order chi connectivity index (χ1) is 12.1. The number of anilines is 1. The smallest absolute Gasteiger partial charge is 0.234 e. The average Bonchev–Trinajstić information content (AvgIpc) is 3.40. The number of amides is 1. The number of pyridine rings is 1. The molecule has 2 fully saturated rings. The maximum atomic E-state index is 13.7. The zero-order chi connectivity index (χ0) is 17.4. The number of carbonyl (C=O) groups excluding carboxylic acids is 1. The Morgan fingerprint density at radius 2 is 2.00 bits per heavy atom. The van der Waals surface area contributed by atoms with Gasteiger partial charge in [0.05, 0.1) is 16.5 Å². The molecule has 2 aromatic rings. The quantitative estimate of drug-likeness (QED) is 0.847. The number of carbonyl (C=O) groups is 1. The second kappa shape index (κ2) is 6.88. The number of fused-ring (bicyclic) bond motifs is 1. The van der Waals surface area contributed by atoms with Crippen LogP contribution in [0.2, 0.25) is 0 Å². The summed E-state index contributed by atoms with van der Waals surface area (Å²) in [6, 6.07) is 7.56. The van der Waals surface area contributed by atoms with Crippen LogP contribution >= 0.6 is 15.9 Å². The average molecular weight is 407 g/mol. The van der Waals surface area contributed by atoms with Crippen molar-refractivity contribution in [2.24, 2.45) is 0 Å². The predicted molar refractivity (Wildman–Crippen MR) is 99.2 cm³/mol. The topological polar surface area (TPSA) is 48.5 Å². The molecule has 1 aromatic heterocycles. The molecule has 1 saturated heterocycles. The summed E-state index contributed by atoms with van der Waals surface area (Å²) in [5, 5.41) is 3.94. The number of rotatable bonds is 4. The highest BCUT2D eigenvalue weighted by Crippen LogP contribution is 2.25. The molecular formula is C18H20BrFN4O. The third-order valence-electron chi connectivity index (χ3n) is 4.72. The number of benzene rings is 1. The van der Waals surface area contributed by atoms with Crippen molar-refractivity contribution < 1.29 is 9.18 Å². The Morgan fingerprint density at radius 3 is 2.72 bits per heavy atom. The molecule has 2 aliphatic rings. The zero-order valence-electron chi connectivity index (χ0n) is 13.8. The third kappa shape index (κ3) is 3.93. The molecule has 132 valence electrons. The second-order valence-corrected chi connectivity index (χ2v) is 7.59. The van der Waals surface area contributed by atoms with E-state index in [0.717, 1.165) is 50.2 Å². The molecule has 1 N–H and O–H groups in total.